The van der Waals surface area contributed by atoms with E-state index >= 15 is 0 Å². The van der Waals surface area contributed by atoms with Crippen LogP contribution in [0.15, 0.2) is 21.3 Å². The van der Waals surface area contributed by atoms with E-state index in [0.717, 1.165) is 12.0 Å². The van der Waals surface area contributed by atoms with Gasteiger partial charge in [0.2, 0.25) is 11.7 Å². The van der Waals surface area contributed by atoms with Crippen LogP contribution in [0.2, 0.25) is 0 Å². The maximum absolute atomic E-state index is 9.92. The molecular formula is C12H15N3O2S. The van der Waals surface area contributed by atoms with Crippen LogP contribution in [0.4, 0.5) is 0 Å². The van der Waals surface area contributed by atoms with Gasteiger partial charge in [-0.15, -0.1) is 0 Å². The summed E-state index contributed by atoms with van der Waals surface area (Å²) in [7, 11) is 0. The van der Waals surface area contributed by atoms with Crippen LogP contribution in [0.3, 0.4) is 0 Å². The molecule has 0 atom stereocenters. The predicted octanol–water partition coefficient (Wildman–Crippen LogP) is 1.75. The molecule has 1 aliphatic heterocycles. The number of hydrogen-bond donors (Lipinski definition) is 1. The third-order valence-corrected chi connectivity index (χ3v) is 3.98. The first-order valence-corrected chi connectivity index (χ1v) is 6.93. The van der Waals surface area contributed by atoms with Crippen LogP contribution in [0.1, 0.15) is 19.2 Å². The maximum Gasteiger partial charge on any atom is 0.241 e. The molecule has 6 heteroatoms. The third-order valence-electron chi connectivity index (χ3n) is 3.30. The molecule has 2 aromatic rings. The molecule has 3 rings (SSSR count). The van der Waals surface area contributed by atoms with Crippen molar-refractivity contribution in [2.75, 3.05) is 13.1 Å². The van der Waals surface area contributed by atoms with E-state index in [9.17, 15) is 5.11 Å². The average Bonchev–Trinajstić information content (AvgIpc) is 2.96. The number of nitrogens with zero attached hydrogens (tertiary/aromatic N) is 3. The fourth-order valence-electron chi connectivity index (χ4n) is 2.14. The van der Waals surface area contributed by atoms with E-state index in [2.05, 4.69) is 15.0 Å². The summed E-state index contributed by atoms with van der Waals surface area (Å²) in [5.74, 6) is 1.24. The van der Waals surface area contributed by atoms with Crippen LogP contribution in [0.5, 0.6) is 0 Å². The van der Waals surface area contributed by atoms with Gasteiger partial charge in [-0.1, -0.05) is 12.1 Å². The summed E-state index contributed by atoms with van der Waals surface area (Å²) in [6.07, 6.45) is 0.785. The standard InChI is InChI=1S/C12H15N3O2S/c1-2-12(16)7-15(8-12)5-10-13-11(14-17-10)9-3-4-18-6-9/h3-4,6,16H,2,5,7-8H2,1H3. The van der Waals surface area contributed by atoms with Gasteiger partial charge in [-0.2, -0.15) is 16.3 Å². The summed E-state index contributed by atoms with van der Waals surface area (Å²) in [5, 5.41) is 17.9. The molecular weight excluding hydrogens is 250 g/mol. The highest BCUT2D eigenvalue weighted by atomic mass is 32.1. The van der Waals surface area contributed by atoms with Gasteiger partial charge < -0.3 is 9.63 Å². The third kappa shape index (κ3) is 2.19. The lowest BCUT2D eigenvalue weighted by molar-refractivity contribution is -0.106. The molecule has 1 aliphatic rings. The lowest BCUT2D eigenvalue weighted by Gasteiger charge is -2.45. The Morgan fingerprint density at radius 2 is 2.39 bits per heavy atom. The van der Waals surface area contributed by atoms with Gasteiger partial charge in [-0.25, -0.2) is 0 Å². The van der Waals surface area contributed by atoms with Crippen LogP contribution in [-0.4, -0.2) is 38.8 Å². The minimum atomic E-state index is -0.518. The molecule has 0 aliphatic carbocycles. The highest BCUT2D eigenvalue weighted by Gasteiger charge is 2.39. The molecule has 0 aromatic carbocycles. The van der Waals surface area contributed by atoms with E-state index in [0.29, 0.717) is 31.3 Å². The van der Waals surface area contributed by atoms with Crippen LogP contribution in [0.25, 0.3) is 11.4 Å². The Hall–Kier alpha value is -1.24. The molecule has 0 radical (unpaired) electrons. The Kier molecular flexibility index (Phi) is 2.93. The molecule has 2 aromatic heterocycles. The first-order valence-electron chi connectivity index (χ1n) is 5.98. The van der Waals surface area contributed by atoms with Gasteiger partial charge in [0, 0.05) is 24.0 Å². The van der Waals surface area contributed by atoms with Gasteiger partial charge in [0.05, 0.1) is 12.1 Å². The zero-order chi connectivity index (χ0) is 12.6. The molecule has 1 saturated heterocycles. The fourth-order valence-corrected chi connectivity index (χ4v) is 2.78. The predicted molar refractivity (Wildman–Crippen MR) is 68.1 cm³/mol. The molecule has 5 nitrogen and oxygen atoms in total. The molecule has 0 unspecified atom stereocenters. The van der Waals surface area contributed by atoms with Crippen molar-refractivity contribution in [3.63, 3.8) is 0 Å². The number of rotatable bonds is 4. The Morgan fingerprint density at radius 1 is 1.56 bits per heavy atom. The Bertz CT molecular complexity index is 517. The van der Waals surface area contributed by atoms with Crippen molar-refractivity contribution in [1.29, 1.82) is 0 Å². The van der Waals surface area contributed by atoms with Gasteiger partial charge in [0.1, 0.15) is 0 Å². The smallest absolute Gasteiger partial charge is 0.241 e. The second-order valence-corrected chi connectivity index (χ2v) is 5.53. The number of aliphatic hydroxyl groups is 1. The van der Waals surface area contributed by atoms with Crippen molar-refractivity contribution in [3.05, 3.63) is 22.7 Å². The number of thiophene rings is 1. The molecule has 0 amide bonds. The minimum absolute atomic E-state index is 0.518. The number of hydrogen-bond acceptors (Lipinski definition) is 6. The Labute approximate surface area is 109 Å². The second-order valence-electron chi connectivity index (χ2n) is 4.75. The quantitative estimate of drug-likeness (QED) is 0.912. The zero-order valence-electron chi connectivity index (χ0n) is 10.2. The summed E-state index contributed by atoms with van der Waals surface area (Å²) in [6.45, 7) is 3.97. The number of aromatic nitrogens is 2. The molecule has 1 N–H and O–H groups in total. The van der Waals surface area contributed by atoms with E-state index in [4.69, 9.17) is 4.52 Å². The summed E-state index contributed by atoms with van der Waals surface area (Å²) >= 11 is 1.61. The molecule has 0 bridgehead atoms. The van der Waals surface area contributed by atoms with Gasteiger partial charge in [0.25, 0.3) is 0 Å². The first-order chi connectivity index (χ1) is 8.68. The summed E-state index contributed by atoms with van der Waals surface area (Å²) in [6, 6.07) is 1.97. The molecule has 96 valence electrons. The molecule has 1 fully saturated rings. The van der Waals surface area contributed by atoms with Crippen molar-refractivity contribution in [2.45, 2.75) is 25.5 Å². The maximum atomic E-state index is 9.92. The van der Waals surface area contributed by atoms with Crippen LogP contribution < -0.4 is 0 Å². The summed E-state index contributed by atoms with van der Waals surface area (Å²) < 4.78 is 5.22. The molecule has 0 spiro atoms. The van der Waals surface area contributed by atoms with Crippen LogP contribution >= 0.6 is 11.3 Å². The summed E-state index contributed by atoms with van der Waals surface area (Å²) in [5.41, 5.74) is 0.472. The largest absolute Gasteiger partial charge is 0.387 e. The van der Waals surface area contributed by atoms with E-state index < -0.39 is 5.60 Å². The monoisotopic (exact) mass is 265 g/mol. The average molecular weight is 265 g/mol. The normalized spacial score (nSPS) is 18.8. The van der Waals surface area contributed by atoms with E-state index in [1.54, 1.807) is 11.3 Å². The fraction of sp³-hybridized carbons (Fsp3) is 0.500. The van der Waals surface area contributed by atoms with Gasteiger partial charge in [-0.3, -0.25) is 4.90 Å². The highest BCUT2D eigenvalue weighted by Crippen LogP contribution is 2.26. The summed E-state index contributed by atoms with van der Waals surface area (Å²) in [4.78, 5) is 6.46. The van der Waals surface area contributed by atoms with Crippen LogP contribution in [-0.2, 0) is 6.54 Å². The topological polar surface area (TPSA) is 62.4 Å². The molecule has 18 heavy (non-hydrogen) atoms. The molecule has 0 saturated carbocycles. The Balaban J connectivity index is 1.62. The van der Waals surface area contributed by atoms with Crippen molar-refractivity contribution >= 4 is 11.3 Å². The minimum Gasteiger partial charge on any atom is -0.387 e. The molecule has 3 heterocycles. The Morgan fingerprint density at radius 3 is 3.06 bits per heavy atom. The van der Waals surface area contributed by atoms with Gasteiger partial charge >= 0.3 is 0 Å². The lowest BCUT2D eigenvalue weighted by Crippen LogP contribution is -2.60. The van der Waals surface area contributed by atoms with E-state index in [1.807, 2.05) is 23.8 Å². The van der Waals surface area contributed by atoms with Gasteiger partial charge in [-0.05, 0) is 17.9 Å². The van der Waals surface area contributed by atoms with Crippen molar-refractivity contribution < 1.29 is 9.63 Å². The van der Waals surface area contributed by atoms with Crippen molar-refractivity contribution in [1.82, 2.24) is 15.0 Å². The first kappa shape index (κ1) is 11.8. The van der Waals surface area contributed by atoms with Crippen molar-refractivity contribution in [3.8, 4) is 11.4 Å². The second kappa shape index (κ2) is 4.46. The zero-order valence-corrected chi connectivity index (χ0v) is 11.0. The van der Waals surface area contributed by atoms with E-state index in [-0.39, 0.29) is 0 Å². The van der Waals surface area contributed by atoms with Crippen molar-refractivity contribution in [2.24, 2.45) is 0 Å². The number of β-amino-alcohol motifs (C(OH)–C–C–N with tert-alkyl or cyclic N) is 1. The highest BCUT2D eigenvalue weighted by molar-refractivity contribution is 7.08. The SMILES string of the molecule is CCC1(O)CN(Cc2nc(-c3ccsc3)no2)C1. The van der Waals surface area contributed by atoms with Crippen LogP contribution in [0, 0.1) is 0 Å². The van der Waals surface area contributed by atoms with E-state index in [1.165, 1.54) is 0 Å². The lowest BCUT2D eigenvalue weighted by atomic mass is 9.91. The van der Waals surface area contributed by atoms with Gasteiger partial charge in [0.15, 0.2) is 0 Å². The number of likely N-dealkylation sites (tertiary alicyclic amines) is 1.